The maximum Gasteiger partial charge on any atom is 0.303 e. The van der Waals surface area contributed by atoms with Crippen LogP contribution < -0.4 is 0 Å². The molecule has 0 bridgehead atoms. The lowest BCUT2D eigenvalue weighted by atomic mass is 10.1. The molecule has 0 amide bonds. The van der Waals surface area contributed by atoms with E-state index in [-0.39, 0.29) is 0 Å². The van der Waals surface area contributed by atoms with Gasteiger partial charge in [-0.25, -0.2) is 0 Å². The minimum absolute atomic E-state index is 0.520. The fourth-order valence-corrected chi connectivity index (χ4v) is 1.91. The van der Waals surface area contributed by atoms with E-state index >= 15 is 0 Å². The monoisotopic (exact) mass is 296 g/mol. The lowest BCUT2D eigenvalue weighted by Gasteiger charge is -2.24. The molecule has 0 aliphatic rings. The first-order valence-corrected chi connectivity index (χ1v) is 5.89. The number of furan rings is 1. The first-order valence-electron chi connectivity index (χ1n) is 4.76. The number of ether oxygens (including phenoxy) is 1. The molecule has 0 fully saturated rings. The van der Waals surface area contributed by atoms with Crippen LogP contribution in [0, 0.1) is 0 Å². The molecule has 1 atom stereocenters. The second-order valence-corrected chi connectivity index (χ2v) is 5.80. The number of halogens is 3. The summed E-state index contributed by atoms with van der Waals surface area (Å²) in [6, 6.07) is 3.47. The van der Waals surface area contributed by atoms with Gasteiger partial charge in [-0.3, -0.25) is 4.79 Å². The number of esters is 1. The number of rotatable bonds is 3. The molecule has 0 aromatic carbocycles. The Morgan fingerprint density at radius 1 is 1.47 bits per heavy atom. The van der Waals surface area contributed by atoms with Gasteiger partial charge in [-0.05, 0) is 30.7 Å². The Hall–Kier alpha value is -0.640. The topological polar surface area (TPSA) is 39.4 Å². The van der Waals surface area contributed by atoms with E-state index in [2.05, 4.69) is 0 Å². The van der Waals surface area contributed by atoms with Crippen molar-refractivity contribution in [3.05, 3.63) is 29.7 Å². The summed E-state index contributed by atoms with van der Waals surface area (Å²) in [5.74, 6) is 0.0717. The summed E-state index contributed by atoms with van der Waals surface area (Å²) in [6.07, 6.45) is 2.22. The van der Waals surface area contributed by atoms with E-state index in [0.29, 0.717) is 11.3 Å². The van der Waals surface area contributed by atoms with Crippen molar-refractivity contribution in [2.24, 2.45) is 0 Å². The lowest BCUT2D eigenvalue weighted by molar-refractivity contribution is -0.144. The van der Waals surface area contributed by atoms with Crippen LogP contribution in [0.25, 0.3) is 6.08 Å². The van der Waals surface area contributed by atoms with Crippen LogP contribution in [-0.2, 0) is 9.53 Å². The summed E-state index contributed by atoms with van der Waals surface area (Å²) >= 11 is 17.3. The third-order valence-corrected chi connectivity index (χ3v) is 2.50. The smallest absolute Gasteiger partial charge is 0.303 e. The van der Waals surface area contributed by atoms with Gasteiger partial charge in [0.25, 0.3) is 0 Å². The summed E-state index contributed by atoms with van der Waals surface area (Å²) in [7, 11) is 0. The van der Waals surface area contributed by atoms with Gasteiger partial charge in [0, 0.05) is 6.92 Å². The fraction of sp³-hybridized carbons (Fsp3) is 0.364. The molecule has 0 aliphatic carbocycles. The highest BCUT2D eigenvalue weighted by Gasteiger charge is 2.36. The van der Waals surface area contributed by atoms with Crippen LogP contribution in [0.15, 0.2) is 28.4 Å². The van der Waals surface area contributed by atoms with Crippen LogP contribution in [0.3, 0.4) is 0 Å². The van der Waals surface area contributed by atoms with Gasteiger partial charge in [0.15, 0.2) is 6.10 Å². The summed E-state index contributed by atoms with van der Waals surface area (Å²) in [5.41, 5.74) is 0.579. The Labute approximate surface area is 114 Å². The predicted molar refractivity (Wildman–Crippen MR) is 68.2 cm³/mol. The second-order valence-electron chi connectivity index (χ2n) is 3.43. The molecule has 94 valence electrons. The number of alkyl halides is 3. The van der Waals surface area contributed by atoms with E-state index < -0.39 is 15.9 Å². The maximum absolute atomic E-state index is 11.0. The third kappa shape index (κ3) is 4.62. The maximum atomic E-state index is 11.0. The number of carbonyl (C=O) groups excluding carboxylic acids is 1. The minimum Gasteiger partial charge on any atom is -0.465 e. The number of carbonyl (C=O) groups is 1. The molecule has 1 rings (SSSR count). The Kier molecular flexibility index (Phi) is 4.92. The lowest BCUT2D eigenvalue weighted by Crippen LogP contribution is -2.31. The van der Waals surface area contributed by atoms with Gasteiger partial charge >= 0.3 is 5.97 Å². The highest BCUT2D eigenvalue weighted by Crippen LogP contribution is 2.36. The summed E-state index contributed by atoms with van der Waals surface area (Å²) in [5, 5.41) is 0. The minimum atomic E-state index is -1.72. The molecule has 0 saturated carbocycles. The van der Waals surface area contributed by atoms with E-state index in [1.807, 2.05) is 0 Å². The van der Waals surface area contributed by atoms with Crippen molar-refractivity contribution in [2.45, 2.75) is 23.7 Å². The predicted octanol–water partition coefficient (Wildman–Crippen LogP) is 3.98. The van der Waals surface area contributed by atoms with E-state index in [4.69, 9.17) is 44.0 Å². The molecule has 6 heteroatoms. The zero-order valence-electron chi connectivity index (χ0n) is 9.25. The van der Waals surface area contributed by atoms with Crippen molar-refractivity contribution in [1.29, 1.82) is 0 Å². The van der Waals surface area contributed by atoms with Crippen LogP contribution in [0.5, 0.6) is 0 Å². The van der Waals surface area contributed by atoms with Gasteiger partial charge in [0.1, 0.15) is 5.76 Å². The van der Waals surface area contributed by atoms with Gasteiger partial charge in [0.05, 0.1) is 6.26 Å². The van der Waals surface area contributed by atoms with Crippen LogP contribution in [0.1, 0.15) is 19.6 Å². The van der Waals surface area contributed by atoms with Crippen LogP contribution >= 0.6 is 34.8 Å². The second kappa shape index (κ2) is 5.80. The first-order chi connectivity index (χ1) is 7.80. The normalized spacial score (nSPS) is 14.5. The molecule has 1 aromatic heterocycles. The van der Waals surface area contributed by atoms with Gasteiger partial charge in [-0.2, -0.15) is 0 Å². The van der Waals surface area contributed by atoms with E-state index in [1.165, 1.54) is 13.2 Å². The summed E-state index contributed by atoms with van der Waals surface area (Å²) in [6.45, 7) is 2.95. The molecular formula is C11H11Cl3O3. The average Bonchev–Trinajstić information content (AvgIpc) is 2.64. The van der Waals surface area contributed by atoms with Crippen molar-refractivity contribution in [2.75, 3.05) is 0 Å². The van der Waals surface area contributed by atoms with Gasteiger partial charge in [0.2, 0.25) is 3.79 Å². The highest BCUT2D eigenvalue weighted by atomic mass is 35.6. The Bertz CT molecular complexity index is 404. The van der Waals surface area contributed by atoms with E-state index in [0.717, 1.165) is 0 Å². The van der Waals surface area contributed by atoms with Crippen LogP contribution in [0.2, 0.25) is 0 Å². The van der Waals surface area contributed by atoms with Crippen molar-refractivity contribution < 1.29 is 13.9 Å². The fourth-order valence-electron chi connectivity index (χ4n) is 1.26. The molecular weight excluding hydrogens is 286 g/mol. The molecule has 1 heterocycles. The van der Waals surface area contributed by atoms with Gasteiger partial charge in [-0.15, -0.1) is 0 Å². The van der Waals surface area contributed by atoms with E-state index in [9.17, 15) is 4.79 Å². The summed E-state index contributed by atoms with van der Waals surface area (Å²) in [4.78, 5) is 11.0. The third-order valence-electron chi connectivity index (χ3n) is 1.91. The Balaban J connectivity index is 2.94. The standard InChI is InChI=1S/C11H11Cl3O3/c1-7(6-9-4-3-5-16-9)10(11(12,13)14)17-8(2)15/h3-6,10H,1-2H3/b7-6+. The highest BCUT2D eigenvalue weighted by molar-refractivity contribution is 6.68. The molecule has 0 aliphatic heterocycles. The molecule has 1 unspecified atom stereocenters. The number of hydrogen-bond donors (Lipinski definition) is 0. The van der Waals surface area contributed by atoms with Gasteiger partial charge < -0.3 is 9.15 Å². The van der Waals surface area contributed by atoms with Crippen molar-refractivity contribution in [3.8, 4) is 0 Å². The summed E-state index contributed by atoms with van der Waals surface area (Å²) < 4.78 is 8.38. The van der Waals surface area contributed by atoms with Crippen molar-refractivity contribution in [1.82, 2.24) is 0 Å². The quantitative estimate of drug-likeness (QED) is 0.625. The zero-order valence-corrected chi connectivity index (χ0v) is 11.5. The molecule has 0 N–H and O–H groups in total. The molecule has 0 spiro atoms. The first kappa shape index (κ1) is 14.4. The van der Waals surface area contributed by atoms with Crippen molar-refractivity contribution >= 4 is 46.8 Å². The van der Waals surface area contributed by atoms with Crippen LogP contribution in [0.4, 0.5) is 0 Å². The molecule has 0 radical (unpaired) electrons. The molecule has 1 aromatic rings. The Morgan fingerprint density at radius 2 is 2.12 bits per heavy atom. The zero-order chi connectivity index (χ0) is 13.1. The molecule has 0 saturated heterocycles. The average molecular weight is 298 g/mol. The SMILES string of the molecule is CC(=O)OC(/C(C)=C/c1ccco1)C(Cl)(Cl)Cl. The van der Waals surface area contributed by atoms with Gasteiger partial charge in [-0.1, -0.05) is 34.8 Å². The largest absolute Gasteiger partial charge is 0.465 e. The van der Waals surface area contributed by atoms with E-state index in [1.54, 1.807) is 25.1 Å². The van der Waals surface area contributed by atoms with Crippen molar-refractivity contribution in [3.63, 3.8) is 0 Å². The Morgan fingerprint density at radius 3 is 2.53 bits per heavy atom. The number of hydrogen-bond acceptors (Lipinski definition) is 3. The molecule has 17 heavy (non-hydrogen) atoms. The van der Waals surface area contributed by atoms with Crippen LogP contribution in [-0.4, -0.2) is 15.9 Å². The molecule has 3 nitrogen and oxygen atoms in total.